The van der Waals surface area contributed by atoms with Crippen molar-refractivity contribution < 1.29 is 4.74 Å². The van der Waals surface area contributed by atoms with Crippen molar-refractivity contribution in [1.29, 1.82) is 0 Å². The van der Waals surface area contributed by atoms with Crippen molar-refractivity contribution in [3.05, 3.63) is 42.5 Å². The lowest BCUT2D eigenvalue weighted by Crippen LogP contribution is -2.03. The molecule has 0 amide bonds. The fourth-order valence-electron chi connectivity index (χ4n) is 2.47. The number of para-hydroxylation sites is 1. The Labute approximate surface area is 138 Å². The minimum absolute atomic E-state index is 0.602. The van der Waals surface area contributed by atoms with Crippen LogP contribution in [0.2, 0.25) is 0 Å². The smallest absolute Gasteiger partial charge is 0.216 e. The van der Waals surface area contributed by atoms with Crippen LogP contribution in [0.3, 0.4) is 0 Å². The van der Waals surface area contributed by atoms with Crippen molar-refractivity contribution in [2.75, 3.05) is 6.61 Å². The van der Waals surface area contributed by atoms with Crippen LogP contribution < -0.4 is 0 Å². The van der Waals surface area contributed by atoms with Gasteiger partial charge in [0.25, 0.3) is 0 Å². The van der Waals surface area contributed by atoms with Gasteiger partial charge in [0.1, 0.15) is 5.52 Å². The molecular formula is C19H27N3O. The first kappa shape index (κ1) is 17.3. The molecule has 0 spiro atoms. The molecule has 0 radical (unpaired) electrons. The molecular weight excluding hydrogens is 286 g/mol. The largest absolute Gasteiger partial charge is 0.478 e. The van der Waals surface area contributed by atoms with E-state index in [0.717, 1.165) is 17.5 Å². The summed E-state index contributed by atoms with van der Waals surface area (Å²) in [5, 5.41) is 8.38. The highest BCUT2D eigenvalue weighted by Gasteiger charge is 2.08. The fraction of sp³-hybridized carbons (Fsp3) is 0.474. The lowest BCUT2D eigenvalue weighted by Gasteiger charge is -2.07. The zero-order chi connectivity index (χ0) is 16.3. The molecule has 4 heteroatoms. The van der Waals surface area contributed by atoms with E-state index in [-0.39, 0.29) is 0 Å². The molecule has 4 nitrogen and oxygen atoms in total. The third-order valence-electron chi connectivity index (χ3n) is 3.70. The molecule has 0 aliphatic heterocycles. The highest BCUT2D eigenvalue weighted by Crippen LogP contribution is 2.16. The first-order valence-corrected chi connectivity index (χ1v) is 8.67. The van der Waals surface area contributed by atoms with Gasteiger partial charge in [-0.3, -0.25) is 0 Å². The van der Waals surface area contributed by atoms with E-state index < -0.39 is 0 Å². The standard InChI is InChI=1S/C19H27N3O/c1-3-5-6-7-8-9-10-11-16-19(23-4-2)22-18-15-13-12-14-17(18)20-21-22/h10-16H,3-9H2,1-2H3/b11-10+,19-16-. The molecule has 23 heavy (non-hydrogen) atoms. The molecule has 0 saturated carbocycles. The normalized spacial score (nSPS) is 12.3. The summed E-state index contributed by atoms with van der Waals surface area (Å²) in [6.07, 6.45) is 13.9. The van der Waals surface area contributed by atoms with Gasteiger partial charge >= 0.3 is 0 Å². The molecule has 0 saturated heterocycles. The zero-order valence-electron chi connectivity index (χ0n) is 14.2. The molecule has 0 N–H and O–H groups in total. The average Bonchev–Trinajstić information content (AvgIpc) is 3.00. The van der Waals surface area contributed by atoms with E-state index in [9.17, 15) is 0 Å². The van der Waals surface area contributed by atoms with Crippen LogP contribution >= 0.6 is 0 Å². The van der Waals surface area contributed by atoms with Gasteiger partial charge < -0.3 is 4.74 Å². The van der Waals surface area contributed by atoms with Crippen LogP contribution in [0, 0.1) is 0 Å². The monoisotopic (exact) mass is 313 g/mol. The van der Waals surface area contributed by atoms with E-state index in [1.165, 1.54) is 32.1 Å². The number of aromatic nitrogens is 3. The lowest BCUT2D eigenvalue weighted by atomic mass is 10.1. The second kappa shape index (κ2) is 9.82. The molecule has 1 aromatic heterocycles. The number of benzene rings is 1. The summed E-state index contributed by atoms with van der Waals surface area (Å²) in [6.45, 7) is 4.82. The Morgan fingerprint density at radius 3 is 2.78 bits per heavy atom. The van der Waals surface area contributed by atoms with E-state index in [4.69, 9.17) is 4.74 Å². The Morgan fingerprint density at radius 2 is 1.96 bits per heavy atom. The van der Waals surface area contributed by atoms with Gasteiger partial charge in [0.15, 0.2) is 0 Å². The summed E-state index contributed by atoms with van der Waals surface area (Å²) in [5.41, 5.74) is 1.83. The molecule has 0 unspecified atom stereocenters. The molecule has 0 aliphatic rings. The maximum Gasteiger partial charge on any atom is 0.216 e. The highest BCUT2D eigenvalue weighted by atomic mass is 16.5. The first-order chi connectivity index (χ1) is 11.4. The van der Waals surface area contributed by atoms with E-state index in [1.807, 2.05) is 37.3 Å². The maximum atomic E-state index is 5.72. The number of nitrogens with zero attached hydrogens (tertiary/aromatic N) is 3. The number of unbranched alkanes of at least 4 members (excludes halogenated alkanes) is 5. The van der Waals surface area contributed by atoms with Gasteiger partial charge in [-0.05, 0) is 31.9 Å². The molecule has 1 heterocycles. The van der Waals surface area contributed by atoms with E-state index >= 15 is 0 Å². The van der Waals surface area contributed by atoms with Gasteiger partial charge in [-0.25, -0.2) is 0 Å². The summed E-state index contributed by atoms with van der Waals surface area (Å²) in [4.78, 5) is 0. The van der Waals surface area contributed by atoms with Gasteiger partial charge in [0.2, 0.25) is 5.88 Å². The van der Waals surface area contributed by atoms with Crippen molar-refractivity contribution in [1.82, 2.24) is 15.0 Å². The second-order valence-electron chi connectivity index (χ2n) is 5.56. The van der Waals surface area contributed by atoms with Crippen molar-refractivity contribution in [3.63, 3.8) is 0 Å². The zero-order valence-corrected chi connectivity index (χ0v) is 14.2. The Balaban J connectivity index is 1.98. The minimum Gasteiger partial charge on any atom is -0.478 e. The van der Waals surface area contributed by atoms with Crippen LogP contribution in [0.5, 0.6) is 0 Å². The lowest BCUT2D eigenvalue weighted by molar-refractivity contribution is 0.273. The predicted molar refractivity (Wildman–Crippen MR) is 95.9 cm³/mol. The van der Waals surface area contributed by atoms with Gasteiger partial charge in [-0.15, -0.1) is 5.10 Å². The first-order valence-electron chi connectivity index (χ1n) is 8.67. The summed E-state index contributed by atoms with van der Waals surface area (Å²) < 4.78 is 7.48. The molecule has 0 bridgehead atoms. The van der Waals surface area contributed by atoms with Gasteiger partial charge in [0, 0.05) is 6.08 Å². The molecule has 2 rings (SSSR count). The number of fused-ring (bicyclic) bond motifs is 1. The van der Waals surface area contributed by atoms with Gasteiger partial charge in [-0.2, -0.15) is 4.68 Å². The number of ether oxygens (including phenoxy) is 1. The topological polar surface area (TPSA) is 39.9 Å². The molecule has 0 fully saturated rings. The maximum absolute atomic E-state index is 5.72. The Morgan fingerprint density at radius 1 is 1.13 bits per heavy atom. The van der Waals surface area contributed by atoms with Gasteiger partial charge in [0.05, 0.1) is 12.1 Å². The predicted octanol–water partition coefficient (Wildman–Crippen LogP) is 5.18. The average molecular weight is 313 g/mol. The quantitative estimate of drug-likeness (QED) is 0.344. The van der Waals surface area contributed by atoms with Crippen LogP contribution in [0.25, 0.3) is 16.9 Å². The number of hydrogen-bond donors (Lipinski definition) is 0. The number of allylic oxidation sites excluding steroid dienone is 3. The molecule has 124 valence electrons. The van der Waals surface area contributed by atoms with Crippen LogP contribution in [0.4, 0.5) is 0 Å². The van der Waals surface area contributed by atoms with Crippen molar-refractivity contribution in [2.45, 2.75) is 52.4 Å². The number of rotatable bonds is 10. The van der Waals surface area contributed by atoms with Crippen molar-refractivity contribution in [3.8, 4) is 0 Å². The van der Waals surface area contributed by atoms with Crippen LogP contribution in [0.1, 0.15) is 52.4 Å². The molecule has 2 aromatic rings. The third-order valence-corrected chi connectivity index (χ3v) is 3.70. The summed E-state index contributed by atoms with van der Waals surface area (Å²) in [6, 6.07) is 7.90. The van der Waals surface area contributed by atoms with Crippen LogP contribution in [0.15, 0.2) is 42.5 Å². The molecule has 0 aliphatic carbocycles. The van der Waals surface area contributed by atoms with Crippen LogP contribution in [-0.4, -0.2) is 21.6 Å². The summed E-state index contributed by atoms with van der Waals surface area (Å²) in [7, 11) is 0. The number of hydrogen-bond acceptors (Lipinski definition) is 3. The van der Waals surface area contributed by atoms with Crippen molar-refractivity contribution >= 4 is 16.9 Å². The Bertz CT molecular complexity index is 643. The Kier molecular flexibility index (Phi) is 7.37. The molecule has 0 atom stereocenters. The van der Waals surface area contributed by atoms with E-state index in [1.54, 1.807) is 4.68 Å². The van der Waals surface area contributed by atoms with Crippen LogP contribution in [-0.2, 0) is 4.74 Å². The summed E-state index contributed by atoms with van der Waals surface area (Å²) in [5.74, 6) is 0.712. The van der Waals surface area contributed by atoms with Crippen molar-refractivity contribution in [2.24, 2.45) is 0 Å². The van der Waals surface area contributed by atoms with E-state index in [2.05, 4.69) is 29.4 Å². The Hall–Kier alpha value is -2.10. The SMILES string of the molecule is CCCCCCC/C=C/C=C(\OCC)n1nnc2ccccc21. The highest BCUT2D eigenvalue weighted by molar-refractivity contribution is 5.76. The molecule has 1 aromatic carbocycles. The second-order valence-corrected chi connectivity index (χ2v) is 5.56. The summed E-state index contributed by atoms with van der Waals surface area (Å²) >= 11 is 0. The third kappa shape index (κ3) is 5.23. The van der Waals surface area contributed by atoms with Gasteiger partial charge in [-0.1, -0.05) is 62.1 Å². The van der Waals surface area contributed by atoms with E-state index in [0.29, 0.717) is 12.5 Å². The minimum atomic E-state index is 0.602. The fourth-order valence-corrected chi connectivity index (χ4v) is 2.47.